The number of aromatic nitrogens is 1. The Morgan fingerprint density at radius 2 is 2.12 bits per heavy atom. The number of anilines is 1. The molecule has 0 atom stereocenters. The molecule has 0 saturated heterocycles. The first kappa shape index (κ1) is 18.8. The highest BCUT2D eigenvalue weighted by atomic mass is 16.5. The van der Waals surface area contributed by atoms with Gasteiger partial charge in [-0.25, -0.2) is 4.98 Å². The van der Waals surface area contributed by atoms with Crippen LogP contribution in [0.3, 0.4) is 0 Å². The smallest absolute Gasteiger partial charge is 0.272 e. The first-order valence-electron chi connectivity index (χ1n) is 8.72. The molecular weight excluding hydrogens is 314 g/mol. The minimum absolute atomic E-state index is 0.0311. The van der Waals surface area contributed by atoms with Gasteiger partial charge >= 0.3 is 0 Å². The van der Waals surface area contributed by atoms with E-state index in [0.717, 1.165) is 43.8 Å². The molecule has 2 aromatic rings. The van der Waals surface area contributed by atoms with Crippen molar-refractivity contribution in [3.63, 3.8) is 0 Å². The number of nitrogens with one attached hydrogen (secondary N) is 1. The van der Waals surface area contributed by atoms with Crippen LogP contribution >= 0.6 is 0 Å². The minimum Gasteiger partial charge on any atom is -0.497 e. The van der Waals surface area contributed by atoms with E-state index in [2.05, 4.69) is 23.3 Å². The summed E-state index contributed by atoms with van der Waals surface area (Å²) < 4.78 is 5.23. The molecule has 1 amide bonds. The van der Waals surface area contributed by atoms with Gasteiger partial charge in [-0.3, -0.25) is 4.79 Å². The monoisotopic (exact) mass is 341 g/mol. The Labute approximate surface area is 150 Å². The van der Waals surface area contributed by atoms with Gasteiger partial charge < -0.3 is 15.0 Å². The van der Waals surface area contributed by atoms with Crippen LogP contribution in [-0.2, 0) is 6.42 Å². The number of carbonyl (C=O) groups excluding carboxylic acids is 1. The fourth-order valence-corrected chi connectivity index (χ4v) is 2.50. The molecule has 5 nitrogen and oxygen atoms in total. The van der Waals surface area contributed by atoms with Crippen LogP contribution < -0.4 is 10.1 Å². The Bertz CT molecular complexity index is 671. The molecule has 0 aliphatic heterocycles. The van der Waals surface area contributed by atoms with Crippen LogP contribution in [0.1, 0.15) is 35.8 Å². The molecule has 1 heterocycles. The number of carbonyl (C=O) groups is 1. The predicted octanol–water partition coefficient (Wildman–Crippen LogP) is 3.62. The van der Waals surface area contributed by atoms with Gasteiger partial charge in [0.15, 0.2) is 0 Å². The fraction of sp³-hybridized carbons (Fsp3) is 0.400. The second-order valence-corrected chi connectivity index (χ2v) is 6.04. The number of amides is 1. The highest BCUT2D eigenvalue weighted by Gasteiger charge is 2.12. The molecule has 134 valence electrons. The third-order valence-electron chi connectivity index (χ3n) is 4.05. The van der Waals surface area contributed by atoms with Crippen molar-refractivity contribution in [1.29, 1.82) is 0 Å². The number of hydrogen-bond donors (Lipinski definition) is 1. The molecule has 1 aromatic heterocycles. The summed E-state index contributed by atoms with van der Waals surface area (Å²) in [6, 6.07) is 11.7. The van der Waals surface area contributed by atoms with E-state index in [-0.39, 0.29) is 5.91 Å². The maximum absolute atomic E-state index is 12.3. The zero-order valence-electron chi connectivity index (χ0n) is 15.3. The van der Waals surface area contributed by atoms with E-state index in [9.17, 15) is 4.79 Å². The predicted molar refractivity (Wildman–Crippen MR) is 101 cm³/mol. The van der Waals surface area contributed by atoms with E-state index in [1.807, 2.05) is 31.3 Å². The van der Waals surface area contributed by atoms with Crippen molar-refractivity contribution in [2.45, 2.75) is 26.2 Å². The molecule has 0 saturated carbocycles. The van der Waals surface area contributed by atoms with Crippen LogP contribution in [0.4, 0.5) is 5.69 Å². The number of pyridine rings is 1. The molecule has 0 unspecified atom stereocenters. The van der Waals surface area contributed by atoms with Gasteiger partial charge in [0.2, 0.25) is 0 Å². The standard InChI is InChI=1S/C20H27N3O2/c1-4-5-13-23(2)20(24)19-10-9-17(15-22-19)21-12-11-16-7-6-8-18(14-16)25-3/h6-10,14-15,21H,4-5,11-13H2,1-3H3. The molecule has 1 N–H and O–H groups in total. The van der Waals surface area contributed by atoms with E-state index in [1.54, 1.807) is 24.3 Å². The van der Waals surface area contributed by atoms with E-state index in [1.165, 1.54) is 5.56 Å². The summed E-state index contributed by atoms with van der Waals surface area (Å²) in [5.41, 5.74) is 2.61. The number of methoxy groups -OCH3 is 1. The third-order valence-corrected chi connectivity index (χ3v) is 4.05. The molecule has 2 rings (SSSR count). The van der Waals surface area contributed by atoms with Crippen molar-refractivity contribution in [2.75, 3.05) is 32.6 Å². The lowest BCUT2D eigenvalue weighted by Crippen LogP contribution is -2.28. The SMILES string of the molecule is CCCCN(C)C(=O)c1ccc(NCCc2cccc(OC)c2)cn1. The molecule has 0 aliphatic rings. The molecule has 0 radical (unpaired) electrons. The molecule has 0 aliphatic carbocycles. The maximum Gasteiger partial charge on any atom is 0.272 e. The lowest BCUT2D eigenvalue weighted by Gasteiger charge is -2.16. The second kappa shape index (κ2) is 9.67. The Balaban J connectivity index is 1.84. The summed E-state index contributed by atoms with van der Waals surface area (Å²) >= 11 is 0. The van der Waals surface area contributed by atoms with Crippen LogP contribution in [0, 0.1) is 0 Å². The lowest BCUT2D eigenvalue weighted by atomic mass is 10.1. The summed E-state index contributed by atoms with van der Waals surface area (Å²) in [6.07, 6.45) is 4.68. The van der Waals surface area contributed by atoms with E-state index >= 15 is 0 Å². The highest BCUT2D eigenvalue weighted by Crippen LogP contribution is 2.13. The van der Waals surface area contributed by atoms with Crippen LogP contribution in [0.15, 0.2) is 42.6 Å². The Kier molecular flexibility index (Phi) is 7.26. The first-order valence-corrected chi connectivity index (χ1v) is 8.72. The van der Waals surface area contributed by atoms with E-state index in [4.69, 9.17) is 4.74 Å². The molecule has 1 aromatic carbocycles. The molecule has 25 heavy (non-hydrogen) atoms. The summed E-state index contributed by atoms with van der Waals surface area (Å²) in [5, 5.41) is 3.33. The van der Waals surface area contributed by atoms with Crippen LogP contribution in [0.25, 0.3) is 0 Å². The number of ether oxygens (including phenoxy) is 1. The van der Waals surface area contributed by atoms with Gasteiger partial charge in [-0.05, 0) is 42.7 Å². The minimum atomic E-state index is -0.0311. The summed E-state index contributed by atoms with van der Waals surface area (Å²) in [7, 11) is 3.49. The molecule has 0 bridgehead atoms. The van der Waals surface area contributed by atoms with Crippen LogP contribution in [0.5, 0.6) is 5.75 Å². The van der Waals surface area contributed by atoms with Crippen molar-refractivity contribution in [3.8, 4) is 5.75 Å². The van der Waals surface area contributed by atoms with Gasteiger partial charge in [0, 0.05) is 20.1 Å². The van der Waals surface area contributed by atoms with Gasteiger partial charge in [-0.1, -0.05) is 25.5 Å². The number of hydrogen-bond acceptors (Lipinski definition) is 4. The third kappa shape index (κ3) is 5.78. The summed E-state index contributed by atoms with van der Waals surface area (Å²) in [4.78, 5) is 18.3. The van der Waals surface area contributed by atoms with Crippen LogP contribution in [0.2, 0.25) is 0 Å². The average molecular weight is 341 g/mol. The van der Waals surface area contributed by atoms with Crippen LogP contribution in [-0.4, -0.2) is 43.0 Å². The van der Waals surface area contributed by atoms with Crippen molar-refractivity contribution in [3.05, 3.63) is 53.9 Å². The van der Waals surface area contributed by atoms with Gasteiger partial charge in [0.1, 0.15) is 11.4 Å². The second-order valence-electron chi connectivity index (χ2n) is 6.04. The summed E-state index contributed by atoms with van der Waals surface area (Å²) in [6.45, 7) is 3.67. The number of benzene rings is 1. The van der Waals surface area contributed by atoms with Gasteiger partial charge in [-0.15, -0.1) is 0 Å². The Hall–Kier alpha value is -2.56. The van der Waals surface area contributed by atoms with Crippen molar-refractivity contribution >= 4 is 11.6 Å². The van der Waals surface area contributed by atoms with Crippen molar-refractivity contribution in [1.82, 2.24) is 9.88 Å². The van der Waals surface area contributed by atoms with Gasteiger partial charge in [0.05, 0.1) is 19.0 Å². The Morgan fingerprint density at radius 3 is 2.80 bits per heavy atom. The molecule has 0 fully saturated rings. The van der Waals surface area contributed by atoms with Gasteiger partial charge in [-0.2, -0.15) is 0 Å². The van der Waals surface area contributed by atoms with E-state index < -0.39 is 0 Å². The lowest BCUT2D eigenvalue weighted by molar-refractivity contribution is 0.0787. The van der Waals surface area contributed by atoms with Crippen molar-refractivity contribution < 1.29 is 9.53 Å². The Morgan fingerprint density at radius 1 is 1.28 bits per heavy atom. The maximum atomic E-state index is 12.3. The number of nitrogens with zero attached hydrogens (tertiary/aromatic N) is 2. The first-order chi connectivity index (χ1) is 12.1. The topological polar surface area (TPSA) is 54.5 Å². The van der Waals surface area contributed by atoms with E-state index in [0.29, 0.717) is 5.69 Å². The zero-order chi connectivity index (χ0) is 18.1. The number of rotatable bonds is 9. The summed E-state index contributed by atoms with van der Waals surface area (Å²) in [5.74, 6) is 0.839. The molecular formula is C20H27N3O2. The highest BCUT2D eigenvalue weighted by molar-refractivity contribution is 5.92. The molecule has 5 heteroatoms. The largest absolute Gasteiger partial charge is 0.497 e. The van der Waals surface area contributed by atoms with Crippen molar-refractivity contribution in [2.24, 2.45) is 0 Å². The zero-order valence-corrected chi connectivity index (χ0v) is 15.3. The molecule has 0 spiro atoms. The number of unbranched alkanes of at least 4 members (excludes halogenated alkanes) is 1. The van der Waals surface area contributed by atoms with Gasteiger partial charge in [0.25, 0.3) is 5.91 Å². The normalized spacial score (nSPS) is 10.4. The fourth-order valence-electron chi connectivity index (χ4n) is 2.50. The quantitative estimate of drug-likeness (QED) is 0.757. The average Bonchev–Trinajstić information content (AvgIpc) is 2.66.